The van der Waals surface area contributed by atoms with E-state index >= 15 is 0 Å². The van der Waals surface area contributed by atoms with Gasteiger partial charge in [-0.1, -0.05) is 24.3 Å². The first-order valence-corrected chi connectivity index (χ1v) is 8.34. The molecule has 5 heteroatoms. The lowest BCUT2D eigenvalue weighted by Gasteiger charge is -2.34. The minimum Gasteiger partial charge on any atom is -0.466 e. The Bertz CT molecular complexity index is 698. The summed E-state index contributed by atoms with van der Waals surface area (Å²) in [6, 6.07) is 9.85. The van der Waals surface area contributed by atoms with E-state index in [4.69, 9.17) is 9.52 Å². The molecule has 0 spiro atoms. The van der Waals surface area contributed by atoms with Crippen molar-refractivity contribution in [3.05, 3.63) is 58.5 Å². The molecule has 0 atom stereocenters. The molecule has 2 aromatic rings. The minimum atomic E-state index is 0.0660. The fourth-order valence-corrected chi connectivity index (χ4v) is 3.13. The number of benzene rings is 1. The molecule has 0 unspecified atom stereocenters. The van der Waals surface area contributed by atoms with Crippen LogP contribution < -0.4 is 0 Å². The van der Waals surface area contributed by atoms with Crippen LogP contribution in [0.2, 0.25) is 0 Å². The molecule has 2 heterocycles. The molecule has 5 nitrogen and oxygen atoms in total. The zero-order valence-corrected chi connectivity index (χ0v) is 14.3. The molecule has 0 bridgehead atoms. The van der Waals surface area contributed by atoms with Crippen LogP contribution in [0.3, 0.4) is 0 Å². The van der Waals surface area contributed by atoms with Gasteiger partial charge in [0.25, 0.3) is 5.91 Å². The van der Waals surface area contributed by atoms with Gasteiger partial charge in [-0.25, -0.2) is 0 Å². The van der Waals surface area contributed by atoms with E-state index < -0.39 is 0 Å². The topological polar surface area (TPSA) is 56.9 Å². The Labute approximate surface area is 142 Å². The number of carbonyl (C=O) groups is 1. The normalized spacial score (nSPS) is 15.7. The number of nitrogens with zero attached hydrogens (tertiary/aromatic N) is 2. The van der Waals surface area contributed by atoms with Crippen LogP contribution in [0.4, 0.5) is 0 Å². The highest BCUT2D eigenvalue weighted by Crippen LogP contribution is 2.18. The van der Waals surface area contributed by atoms with Crippen LogP contribution in [0, 0.1) is 13.8 Å². The standard InChI is InChI=1S/C19H24N2O3/c1-14-11-18(15(2)24-14)19(23)21-9-7-20(8-10-21)12-16-3-5-17(13-22)6-4-16/h3-6,11,22H,7-10,12-13H2,1-2H3. The second-order valence-electron chi connectivity index (χ2n) is 6.37. The first kappa shape index (κ1) is 16.7. The van der Waals surface area contributed by atoms with Gasteiger partial charge in [0, 0.05) is 32.7 Å². The number of aryl methyl sites for hydroxylation is 2. The van der Waals surface area contributed by atoms with E-state index in [0.29, 0.717) is 11.3 Å². The smallest absolute Gasteiger partial charge is 0.257 e. The molecule has 0 aliphatic carbocycles. The average Bonchev–Trinajstić information content (AvgIpc) is 2.94. The Morgan fingerprint density at radius 2 is 1.71 bits per heavy atom. The third-order valence-electron chi connectivity index (χ3n) is 4.54. The van der Waals surface area contributed by atoms with Crippen molar-refractivity contribution >= 4 is 5.91 Å². The molecule has 1 aromatic heterocycles. The van der Waals surface area contributed by atoms with Gasteiger partial charge in [0.2, 0.25) is 0 Å². The second-order valence-corrected chi connectivity index (χ2v) is 6.37. The number of furan rings is 1. The van der Waals surface area contributed by atoms with E-state index in [9.17, 15) is 4.79 Å². The second kappa shape index (κ2) is 7.20. The number of amides is 1. The highest BCUT2D eigenvalue weighted by atomic mass is 16.3. The lowest BCUT2D eigenvalue weighted by atomic mass is 10.1. The van der Waals surface area contributed by atoms with Crippen molar-refractivity contribution in [1.82, 2.24) is 9.80 Å². The zero-order chi connectivity index (χ0) is 17.1. The van der Waals surface area contributed by atoms with Gasteiger partial charge in [-0.3, -0.25) is 9.69 Å². The van der Waals surface area contributed by atoms with Gasteiger partial charge in [-0.15, -0.1) is 0 Å². The quantitative estimate of drug-likeness (QED) is 0.936. The number of piperazine rings is 1. The predicted molar refractivity (Wildman–Crippen MR) is 91.7 cm³/mol. The summed E-state index contributed by atoms with van der Waals surface area (Å²) < 4.78 is 5.47. The summed E-state index contributed by atoms with van der Waals surface area (Å²) in [4.78, 5) is 16.9. The van der Waals surface area contributed by atoms with Crippen molar-refractivity contribution in [2.75, 3.05) is 26.2 Å². The van der Waals surface area contributed by atoms with E-state index in [1.54, 1.807) is 0 Å². The van der Waals surface area contributed by atoms with Crippen molar-refractivity contribution < 1.29 is 14.3 Å². The predicted octanol–water partition coefficient (Wildman–Crippen LogP) is 2.35. The molecule has 1 N–H and O–H groups in total. The minimum absolute atomic E-state index is 0.0660. The largest absolute Gasteiger partial charge is 0.466 e. The maximum atomic E-state index is 12.6. The lowest BCUT2D eigenvalue weighted by Crippen LogP contribution is -2.48. The van der Waals surface area contributed by atoms with Crippen LogP contribution >= 0.6 is 0 Å². The molecule has 1 aromatic carbocycles. The molecule has 3 rings (SSSR count). The highest BCUT2D eigenvalue weighted by Gasteiger charge is 2.24. The average molecular weight is 328 g/mol. The Balaban J connectivity index is 1.55. The summed E-state index contributed by atoms with van der Waals surface area (Å²) in [7, 11) is 0. The third-order valence-corrected chi connectivity index (χ3v) is 4.54. The monoisotopic (exact) mass is 328 g/mol. The van der Waals surface area contributed by atoms with Crippen molar-refractivity contribution in [3.63, 3.8) is 0 Å². The summed E-state index contributed by atoms with van der Waals surface area (Å²) >= 11 is 0. The third kappa shape index (κ3) is 3.68. The number of rotatable bonds is 4. The van der Waals surface area contributed by atoms with Gasteiger partial charge >= 0.3 is 0 Å². The number of aliphatic hydroxyl groups is 1. The summed E-state index contributed by atoms with van der Waals surface area (Å²) in [5.41, 5.74) is 2.84. The number of hydrogen-bond donors (Lipinski definition) is 1. The first-order valence-electron chi connectivity index (χ1n) is 8.34. The van der Waals surface area contributed by atoms with Gasteiger partial charge in [0.1, 0.15) is 11.5 Å². The molecule has 24 heavy (non-hydrogen) atoms. The van der Waals surface area contributed by atoms with Crippen LogP contribution in [0.5, 0.6) is 0 Å². The molecule has 1 saturated heterocycles. The maximum Gasteiger partial charge on any atom is 0.257 e. The van der Waals surface area contributed by atoms with Crippen LogP contribution in [0.25, 0.3) is 0 Å². The van der Waals surface area contributed by atoms with Crippen LogP contribution in [-0.4, -0.2) is 47.0 Å². The summed E-state index contributed by atoms with van der Waals surface area (Å²) in [5.74, 6) is 1.54. The molecule has 0 saturated carbocycles. The summed E-state index contributed by atoms with van der Waals surface area (Å²) in [5, 5.41) is 9.09. The van der Waals surface area contributed by atoms with E-state index in [1.165, 1.54) is 5.56 Å². The zero-order valence-electron chi connectivity index (χ0n) is 14.3. The van der Waals surface area contributed by atoms with Crippen molar-refractivity contribution in [2.24, 2.45) is 0 Å². The van der Waals surface area contributed by atoms with Gasteiger partial charge in [-0.05, 0) is 31.0 Å². The van der Waals surface area contributed by atoms with Crippen LogP contribution in [0.15, 0.2) is 34.7 Å². The fraction of sp³-hybridized carbons (Fsp3) is 0.421. The van der Waals surface area contributed by atoms with Gasteiger partial charge < -0.3 is 14.4 Å². The van der Waals surface area contributed by atoms with Crippen LogP contribution in [0.1, 0.15) is 33.0 Å². The summed E-state index contributed by atoms with van der Waals surface area (Å²) in [6.45, 7) is 7.85. The number of aliphatic hydroxyl groups excluding tert-OH is 1. The van der Waals surface area contributed by atoms with E-state index in [1.807, 2.05) is 36.9 Å². The molecule has 0 radical (unpaired) electrons. The van der Waals surface area contributed by atoms with E-state index in [2.05, 4.69) is 17.0 Å². The van der Waals surface area contributed by atoms with Crippen LogP contribution in [-0.2, 0) is 13.2 Å². The van der Waals surface area contributed by atoms with Gasteiger partial charge in [-0.2, -0.15) is 0 Å². The van der Waals surface area contributed by atoms with E-state index in [-0.39, 0.29) is 12.5 Å². The first-order chi connectivity index (χ1) is 11.6. The van der Waals surface area contributed by atoms with Crippen molar-refractivity contribution in [2.45, 2.75) is 27.0 Å². The van der Waals surface area contributed by atoms with Gasteiger partial charge in [0.05, 0.1) is 12.2 Å². The molecule has 1 amide bonds. The molecule has 1 aliphatic heterocycles. The lowest BCUT2D eigenvalue weighted by molar-refractivity contribution is 0.0627. The Morgan fingerprint density at radius 1 is 1.08 bits per heavy atom. The molecule has 128 valence electrons. The SMILES string of the molecule is Cc1cc(C(=O)N2CCN(Cc3ccc(CO)cc3)CC2)c(C)o1. The van der Waals surface area contributed by atoms with E-state index in [0.717, 1.165) is 44.0 Å². The number of carbonyl (C=O) groups excluding carboxylic acids is 1. The Morgan fingerprint density at radius 3 is 2.25 bits per heavy atom. The molecular weight excluding hydrogens is 304 g/mol. The molecular formula is C19H24N2O3. The fourth-order valence-electron chi connectivity index (χ4n) is 3.13. The molecule has 1 aliphatic rings. The van der Waals surface area contributed by atoms with Crippen molar-refractivity contribution in [3.8, 4) is 0 Å². The maximum absolute atomic E-state index is 12.6. The Kier molecular flexibility index (Phi) is 5.02. The van der Waals surface area contributed by atoms with Gasteiger partial charge in [0.15, 0.2) is 0 Å². The number of hydrogen-bond acceptors (Lipinski definition) is 4. The highest BCUT2D eigenvalue weighted by molar-refractivity contribution is 5.95. The Hall–Kier alpha value is -2.11. The summed E-state index contributed by atoms with van der Waals surface area (Å²) in [6.07, 6.45) is 0. The van der Waals surface area contributed by atoms with Crippen molar-refractivity contribution in [1.29, 1.82) is 0 Å². The molecule has 1 fully saturated rings.